The average Bonchev–Trinajstić information content (AvgIpc) is 2.54. The van der Waals surface area contributed by atoms with Crippen LogP contribution in [0.1, 0.15) is 35.5 Å². The number of rotatable bonds is 6. The summed E-state index contributed by atoms with van der Waals surface area (Å²) in [6, 6.07) is 8.23. The molecule has 2 aromatic heterocycles. The fourth-order valence-electron chi connectivity index (χ4n) is 3.27. The quantitative estimate of drug-likeness (QED) is 0.813. The molecule has 1 saturated heterocycles. The Morgan fingerprint density at radius 2 is 1.96 bits per heavy atom. The molecule has 0 N–H and O–H groups in total. The van der Waals surface area contributed by atoms with E-state index in [-0.39, 0.29) is 5.91 Å². The maximum Gasteiger partial charge on any atom is 0.255 e. The molecule has 5 nitrogen and oxygen atoms in total. The van der Waals surface area contributed by atoms with Gasteiger partial charge in [0.2, 0.25) is 0 Å². The first-order valence-electron chi connectivity index (χ1n) is 8.88. The third kappa shape index (κ3) is 4.23. The Kier molecular flexibility index (Phi) is 5.43. The van der Waals surface area contributed by atoms with Crippen molar-refractivity contribution in [2.75, 3.05) is 19.6 Å². The van der Waals surface area contributed by atoms with Crippen molar-refractivity contribution in [3.63, 3.8) is 0 Å². The molecule has 5 heteroatoms. The molecule has 0 saturated carbocycles. The minimum absolute atomic E-state index is 0.0928. The smallest absolute Gasteiger partial charge is 0.255 e. The molecular weight excluding hydrogens is 312 g/mol. The Morgan fingerprint density at radius 3 is 2.60 bits per heavy atom. The lowest BCUT2D eigenvalue weighted by molar-refractivity contribution is 0.0196. The Balaban J connectivity index is 1.63. The van der Waals surface area contributed by atoms with Gasteiger partial charge in [-0.1, -0.05) is 13.8 Å². The number of amides is 1. The zero-order valence-corrected chi connectivity index (χ0v) is 15.2. The number of nitrogens with zero attached hydrogens (tertiary/aromatic N) is 4. The van der Waals surface area contributed by atoms with E-state index in [1.54, 1.807) is 6.20 Å². The van der Waals surface area contributed by atoms with Gasteiger partial charge in [0.1, 0.15) is 0 Å². The van der Waals surface area contributed by atoms with Gasteiger partial charge in [-0.05, 0) is 42.7 Å². The van der Waals surface area contributed by atoms with Crippen molar-refractivity contribution >= 4 is 5.91 Å². The monoisotopic (exact) mass is 338 g/mol. The number of carbonyl (C=O) groups excluding carboxylic acids is 1. The van der Waals surface area contributed by atoms with E-state index < -0.39 is 0 Å². The van der Waals surface area contributed by atoms with Crippen LogP contribution >= 0.6 is 0 Å². The second-order valence-electron chi connectivity index (χ2n) is 7.18. The van der Waals surface area contributed by atoms with E-state index in [4.69, 9.17) is 0 Å². The summed E-state index contributed by atoms with van der Waals surface area (Å²) in [5, 5.41) is 0. The third-order valence-corrected chi connectivity index (χ3v) is 4.64. The minimum Gasteiger partial charge on any atom is -0.335 e. The van der Waals surface area contributed by atoms with Gasteiger partial charge < -0.3 is 4.90 Å². The Morgan fingerprint density at radius 1 is 1.24 bits per heavy atom. The summed E-state index contributed by atoms with van der Waals surface area (Å²) in [5.74, 6) is 0.683. The summed E-state index contributed by atoms with van der Waals surface area (Å²) in [5.41, 5.74) is 2.78. The van der Waals surface area contributed by atoms with E-state index in [9.17, 15) is 4.79 Å². The van der Waals surface area contributed by atoms with E-state index in [0.29, 0.717) is 17.5 Å². The molecule has 3 rings (SSSR count). The van der Waals surface area contributed by atoms with Crippen LogP contribution in [0.5, 0.6) is 0 Å². The number of pyridine rings is 2. The van der Waals surface area contributed by atoms with Crippen molar-refractivity contribution in [2.45, 2.75) is 33.4 Å². The predicted octanol–water partition coefficient (Wildman–Crippen LogP) is 2.77. The summed E-state index contributed by atoms with van der Waals surface area (Å²) in [6.45, 7) is 9.86. The highest BCUT2D eigenvalue weighted by Crippen LogP contribution is 2.22. The highest BCUT2D eigenvalue weighted by atomic mass is 16.2. The maximum absolute atomic E-state index is 12.7. The zero-order valence-electron chi connectivity index (χ0n) is 15.2. The SMILES string of the molecule is Cc1ncccc1C(=O)N1CC(N(Cc2ccncc2)CC(C)C)C1. The number of aromatic nitrogens is 2. The Bertz CT molecular complexity index is 711. The lowest BCUT2D eigenvalue weighted by Crippen LogP contribution is -2.61. The van der Waals surface area contributed by atoms with Crippen molar-refractivity contribution in [2.24, 2.45) is 5.92 Å². The summed E-state index contributed by atoms with van der Waals surface area (Å²) < 4.78 is 0. The molecule has 0 aromatic carbocycles. The van der Waals surface area contributed by atoms with Crippen molar-refractivity contribution in [3.05, 3.63) is 59.7 Å². The molecule has 0 aliphatic carbocycles. The number of carbonyl (C=O) groups is 1. The maximum atomic E-state index is 12.7. The Hall–Kier alpha value is -2.27. The van der Waals surface area contributed by atoms with Crippen LogP contribution in [0.25, 0.3) is 0 Å². The molecule has 1 aliphatic rings. The highest BCUT2D eigenvalue weighted by Gasteiger charge is 2.35. The molecule has 1 aliphatic heterocycles. The van der Waals surface area contributed by atoms with Crippen molar-refractivity contribution in [1.82, 2.24) is 19.8 Å². The fraction of sp³-hybridized carbons (Fsp3) is 0.450. The van der Waals surface area contributed by atoms with E-state index in [0.717, 1.165) is 31.9 Å². The molecule has 0 unspecified atom stereocenters. The van der Waals surface area contributed by atoms with Gasteiger partial charge in [0.25, 0.3) is 5.91 Å². The number of hydrogen-bond donors (Lipinski definition) is 0. The fourth-order valence-corrected chi connectivity index (χ4v) is 3.27. The summed E-state index contributed by atoms with van der Waals surface area (Å²) in [7, 11) is 0. The molecule has 25 heavy (non-hydrogen) atoms. The van der Waals surface area contributed by atoms with Gasteiger partial charge >= 0.3 is 0 Å². The molecule has 0 spiro atoms. The van der Waals surface area contributed by atoms with Crippen molar-refractivity contribution < 1.29 is 4.79 Å². The lowest BCUT2D eigenvalue weighted by Gasteiger charge is -2.46. The first-order chi connectivity index (χ1) is 12.0. The number of aryl methyl sites for hydroxylation is 1. The molecule has 1 amide bonds. The summed E-state index contributed by atoms with van der Waals surface area (Å²) >= 11 is 0. The topological polar surface area (TPSA) is 49.3 Å². The van der Waals surface area contributed by atoms with Crippen LogP contribution in [0.15, 0.2) is 42.9 Å². The summed E-state index contributed by atoms with van der Waals surface area (Å²) in [6.07, 6.45) is 5.40. The van der Waals surface area contributed by atoms with Gasteiger partial charge in [-0.2, -0.15) is 0 Å². The van der Waals surface area contributed by atoms with E-state index in [2.05, 4.69) is 40.8 Å². The highest BCUT2D eigenvalue weighted by molar-refractivity contribution is 5.95. The standard InChI is InChI=1S/C20H26N4O/c1-15(2)11-23(12-17-6-9-21-10-7-17)18-13-24(14-18)20(25)19-5-4-8-22-16(19)3/h4-10,15,18H,11-14H2,1-3H3. The van der Waals surface area contributed by atoms with Crippen LogP contribution in [0, 0.1) is 12.8 Å². The van der Waals surface area contributed by atoms with E-state index >= 15 is 0 Å². The molecule has 0 bridgehead atoms. The predicted molar refractivity (Wildman–Crippen MR) is 98.2 cm³/mol. The van der Waals surface area contributed by atoms with Gasteiger partial charge in [0.15, 0.2) is 0 Å². The lowest BCUT2D eigenvalue weighted by atomic mass is 10.0. The van der Waals surface area contributed by atoms with Crippen LogP contribution in [0.3, 0.4) is 0 Å². The van der Waals surface area contributed by atoms with Crippen LogP contribution < -0.4 is 0 Å². The van der Waals surface area contributed by atoms with Crippen LogP contribution in [0.4, 0.5) is 0 Å². The van der Waals surface area contributed by atoms with Crippen molar-refractivity contribution in [3.8, 4) is 0 Å². The van der Waals surface area contributed by atoms with Crippen LogP contribution in [-0.2, 0) is 6.54 Å². The second-order valence-corrected chi connectivity index (χ2v) is 7.18. The molecule has 0 radical (unpaired) electrons. The summed E-state index contributed by atoms with van der Waals surface area (Å²) in [4.78, 5) is 25.4. The zero-order chi connectivity index (χ0) is 17.8. The molecule has 0 atom stereocenters. The molecule has 2 aromatic rings. The van der Waals surface area contributed by atoms with Crippen LogP contribution in [0.2, 0.25) is 0 Å². The van der Waals surface area contributed by atoms with Gasteiger partial charge in [-0.25, -0.2) is 0 Å². The average molecular weight is 338 g/mol. The second kappa shape index (κ2) is 7.74. The Labute approximate surface area is 149 Å². The van der Waals surface area contributed by atoms with Gasteiger partial charge in [0.05, 0.1) is 5.56 Å². The van der Waals surface area contributed by atoms with Gasteiger partial charge in [0, 0.05) is 56.5 Å². The molecule has 1 fully saturated rings. The molecule has 132 valence electrons. The first kappa shape index (κ1) is 17.5. The van der Waals surface area contributed by atoms with Crippen LogP contribution in [-0.4, -0.2) is 51.4 Å². The van der Waals surface area contributed by atoms with E-state index in [1.165, 1.54) is 5.56 Å². The third-order valence-electron chi connectivity index (χ3n) is 4.64. The normalized spacial score (nSPS) is 14.8. The van der Waals surface area contributed by atoms with E-state index in [1.807, 2.05) is 36.4 Å². The van der Waals surface area contributed by atoms with Crippen molar-refractivity contribution in [1.29, 1.82) is 0 Å². The number of likely N-dealkylation sites (tertiary alicyclic amines) is 1. The largest absolute Gasteiger partial charge is 0.335 e. The molecule has 3 heterocycles. The first-order valence-corrected chi connectivity index (χ1v) is 8.88. The van der Waals surface area contributed by atoms with Gasteiger partial charge in [-0.3, -0.25) is 19.7 Å². The minimum atomic E-state index is 0.0928. The molecular formula is C20H26N4O. The number of hydrogen-bond acceptors (Lipinski definition) is 4. The van der Waals surface area contributed by atoms with Gasteiger partial charge in [-0.15, -0.1) is 0 Å².